The van der Waals surface area contributed by atoms with Crippen LogP contribution in [0.5, 0.6) is 0 Å². The fraction of sp³-hybridized carbons (Fsp3) is 0.889. The quantitative estimate of drug-likeness (QED) is 0.733. The molecule has 0 aromatic rings. The maximum Gasteiger partial charge on any atom is 0.249 e. The molecule has 0 aromatic heterocycles. The molecule has 2 saturated heterocycles. The highest BCUT2D eigenvalue weighted by molar-refractivity contribution is 8.00. The average Bonchev–Trinajstić information content (AvgIpc) is 2.49. The fourth-order valence-electron chi connectivity index (χ4n) is 1.58. The van der Waals surface area contributed by atoms with Gasteiger partial charge in [0.25, 0.3) is 0 Å². The summed E-state index contributed by atoms with van der Waals surface area (Å²) in [4.78, 5) is 11.3. The summed E-state index contributed by atoms with van der Waals surface area (Å²) in [7, 11) is 0. The zero-order valence-electron chi connectivity index (χ0n) is 7.62. The molecule has 13 heavy (non-hydrogen) atoms. The first kappa shape index (κ1) is 9.34. The van der Waals surface area contributed by atoms with Crippen molar-refractivity contribution in [3.05, 3.63) is 0 Å². The SMILES string of the molecule is O=C(NCC1CCCS1)C1CCO1. The van der Waals surface area contributed by atoms with Gasteiger partial charge in [-0.05, 0) is 18.6 Å². The van der Waals surface area contributed by atoms with Gasteiger partial charge < -0.3 is 10.1 Å². The van der Waals surface area contributed by atoms with Crippen LogP contribution in [-0.4, -0.2) is 36.2 Å². The van der Waals surface area contributed by atoms with E-state index in [9.17, 15) is 4.79 Å². The number of nitrogens with one attached hydrogen (secondary N) is 1. The van der Waals surface area contributed by atoms with E-state index in [1.807, 2.05) is 11.8 Å². The standard InChI is InChI=1S/C9H15NO2S/c11-9(8-3-4-12-8)10-6-7-2-1-5-13-7/h7-8H,1-6H2,(H,10,11). The van der Waals surface area contributed by atoms with E-state index in [0.29, 0.717) is 5.25 Å². The van der Waals surface area contributed by atoms with Gasteiger partial charge in [-0.1, -0.05) is 0 Å². The number of hydrogen-bond donors (Lipinski definition) is 1. The Labute approximate surface area is 82.6 Å². The van der Waals surface area contributed by atoms with Gasteiger partial charge in [-0.15, -0.1) is 0 Å². The van der Waals surface area contributed by atoms with E-state index in [0.717, 1.165) is 19.6 Å². The van der Waals surface area contributed by atoms with Gasteiger partial charge >= 0.3 is 0 Å². The number of carbonyl (C=O) groups excluding carboxylic acids is 1. The van der Waals surface area contributed by atoms with Crippen LogP contribution in [0.25, 0.3) is 0 Å². The van der Waals surface area contributed by atoms with Gasteiger partial charge in [0.1, 0.15) is 6.10 Å². The number of ether oxygens (including phenoxy) is 1. The second-order valence-electron chi connectivity index (χ2n) is 3.53. The lowest BCUT2D eigenvalue weighted by molar-refractivity contribution is -0.144. The van der Waals surface area contributed by atoms with E-state index < -0.39 is 0 Å². The van der Waals surface area contributed by atoms with Crippen LogP contribution in [0.2, 0.25) is 0 Å². The van der Waals surface area contributed by atoms with E-state index in [1.165, 1.54) is 18.6 Å². The summed E-state index contributed by atoms with van der Waals surface area (Å²) < 4.78 is 5.09. The Balaban J connectivity index is 1.63. The average molecular weight is 201 g/mol. The molecular weight excluding hydrogens is 186 g/mol. The topological polar surface area (TPSA) is 38.3 Å². The molecule has 2 aliphatic rings. The number of hydrogen-bond acceptors (Lipinski definition) is 3. The molecule has 0 aromatic carbocycles. The van der Waals surface area contributed by atoms with Crippen LogP contribution in [0.1, 0.15) is 19.3 Å². The molecule has 0 bridgehead atoms. The fourth-order valence-corrected chi connectivity index (χ4v) is 2.78. The van der Waals surface area contributed by atoms with Crippen molar-refractivity contribution in [1.29, 1.82) is 0 Å². The first-order valence-electron chi connectivity index (χ1n) is 4.87. The smallest absolute Gasteiger partial charge is 0.249 e. The molecule has 74 valence electrons. The molecule has 3 nitrogen and oxygen atoms in total. The van der Waals surface area contributed by atoms with Crippen LogP contribution < -0.4 is 5.32 Å². The van der Waals surface area contributed by atoms with E-state index >= 15 is 0 Å². The van der Waals surface area contributed by atoms with Crippen molar-refractivity contribution in [3.63, 3.8) is 0 Å². The molecule has 0 aliphatic carbocycles. The predicted octanol–water partition coefficient (Wildman–Crippen LogP) is 0.787. The first-order valence-corrected chi connectivity index (χ1v) is 5.92. The molecular formula is C9H15NO2S. The lowest BCUT2D eigenvalue weighted by atomic mass is 10.2. The van der Waals surface area contributed by atoms with Gasteiger partial charge in [0.05, 0.1) is 6.61 Å². The Kier molecular flexibility index (Phi) is 3.11. The highest BCUT2D eigenvalue weighted by Gasteiger charge is 2.26. The second-order valence-corrected chi connectivity index (χ2v) is 4.94. The number of carbonyl (C=O) groups is 1. The van der Waals surface area contributed by atoms with Crippen LogP contribution in [0, 0.1) is 0 Å². The second kappa shape index (κ2) is 4.33. The lowest BCUT2D eigenvalue weighted by Crippen LogP contribution is -2.44. The van der Waals surface area contributed by atoms with Crippen molar-refractivity contribution >= 4 is 17.7 Å². The van der Waals surface area contributed by atoms with E-state index in [2.05, 4.69) is 5.32 Å². The summed E-state index contributed by atoms with van der Waals surface area (Å²) in [5, 5.41) is 3.58. The van der Waals surface area contributed by atoms with Crippen molar-refractivity contribution in [2.24, 2.45) is 0 Å². The Bertz CT molecular complexity index is 188. The first-order chi connectivity index (χ1) is 6.36. The van der Waals surface area contributed by atoms with Gasteiger partial charge in [-0.3, -0.25) is 4.79 Å². The van der Waals surface area contributed by atoms with Crippen LogP contribution >= 0.6 is 11.8 Å². The van der Waals surface area contributed by atoms with Crippen molar-refractivity contribution < 1.29 is 9.53 Å². The normalized spacial score (nSPS) is 32.6. The molecule has 0 saturated carbocycles. The van der Waals surface area contributed by atoms with Crippen molar-refractivity contribution in [1.82, 2.24) is 5.32 Å². The van der Waals surface area contributed by atoms with Crippen molar-refractivity contribution in [2.45, 2.75) is 30.6 Å². The monoisotopic (exact) mass is 201 g/mol. The minimum atomic E-state index is -0.147. The van der Waals surface area contributed by atoms with E-state index in [4.69, 9.17) is 4.74 Å². The Morgan fingerprint density at radius 1 is 1.54 bits per heavy atom. The summed E-state index contributed by atoms with van der Waals surface area (Å²) in [5.74, 6) is 1.33. The van der Waals surface area contributed by atoms with Gasteiger partial charge in [0.15, 0.2) is 0 Å². The van der Waals surface area contributed by atoms with Gasteiger partial charge in [0.2, 0.25) is 5.91 Å². The van der Waals surface area contributed by atoms with E-state index in [-0.39, 0.29) is 12.0 Å². The third-order valence-electron chi connectivity index (χ3n) is 2.52. The Hall–Kier alpha value is -0.220. The van der Waals surface area contributed by atoms with Crippen LogP contribution in [0.3, 0.4) is 0 Å². The van der Waals surface area contributed by atoms with Crippen LogP contribution in [-0.2, 0) is 9.53 Å². The number of amides is 1. The summed E-state index contributed by atoms with van der Waals surface area (Å²) in [6, 6.07) is 0. The highest BCUT2D eigenvalue weighted by Crippen LogP contribution is 2.25. The Morgan fingerprint density at radius 2 is 2.38 bits per heavy atom. The van der Waals surface area contributed by atoms with Crippen molar-refractivity contribution in [2.75, 3.05) is 18.9 Å². The van der Waals surface area contributed by atoms with E-state index in [1.54, 1.807) is 0 Å². The molecule has 0 radical (unpaired) electrons. The van der Waals surface area contributed by atoms with Crippen LogP contribution in [0.15, 0.2) is 0 Å². The lowest BCUT2D eigenvalue weighted by Gasteiger charge is -2.25. The molecule has 4 heteroatoms. The molecule has 0 spiro atoms. The highest BCUT2D eigenvalue weighted by atomic mass is 32.2. The summed E-state index contributed by atoms with van der Waals surface area (Å²) in [6.07, 6.45) is 3.29. The van der Waals surface area contributed by atoms with Gasteiger partial charge in [0, 0.05) is 18.2 Å². The zero-order valence-corrected chi connectivity index (χ0v) is 8.44. The minimum Gasteiger partial charge on any atom is -0.368 e. The summed E-state index contributed by atoms with van der Waals surface area (Å²) >= 11 is 1.97. The molecule has 2 aliphatic heterocycles. The van der Waals surface area contributed by atoms with Gasteiger partial charge in [-0.2, -0.15) is 11.8 Å². The van der Waals surface area contributed by atoms with Crippen molar-refractivity contribution in [3.8, 4) is 0 Å². The molecule has 2 rings (SSSR count). The third-order valence-corrected chi connectivity index (χ3v) is 3.92. The predicted molar refractivity (Wildman–Crippen MR) is 52.8 cm³/mol. The maximum atomic E-state index is 11.3. The number of thioether (sulfide) groups is 1. The Morgan fingerprint density at radius 3 is 2.92 bits per heavy atom. The largest absolute Gasteiger partial charge is 0.368 e. The molecule has 2 unspecified atom stereocenters. The molecule has 2 fully saturated rings. The summed E-state index contributed by atoms with van der Waals surface area (Å²) in [6.45, 7) is 1.57. The molecule has 1 amide bonds. The molecule has 2 atom stereocenters. The number of rotatable bonds is 3. The minimum absolute atomic E-state index is 0.0822. The molecule has 2 heterocycles. The summed E-state index contributed by atoms with van der Waals surface area (Å²) in [5.41, 5.74) is 0. The zero-order chi connectivity index (χ0) is 9.10. The van der Waals surface area contributed by atoms with Crippen LogP contribution in [0.4, 0.5) is 0 Å². The van der Waals surface area contributed by atoms with Gasteiger partial charge in [-0.25, -0.2) is 0 Å². The third kappa shape index (κ3) is 2.38. The molecule has 1 N–H and O–H groups in total. The maximum absolute atomic E-state index is 11.3.